The van der Waals surface area contributed by atoms with E-state index in [-0.39, 0.29) is 60.7 Å². The summed E-state index contributed by atoms with van der Waals surface area (Å²) in [7, 11) is 0. The molecule has 10 N–H and O–H groups in total. The highest BCUT2D eigenvalue weighted by atomic mass is 16.4. The molecule has 17 nitrogen and oxygen atoms in total. The molecule has 2 heterocycles. The first kappa shape index (κ1) is 38.0. The minimum Gasteiger partial charge on any atom is -0.480 e. The number of nitrogens with one attached hydrogen (secondary N) is 7. The fourth-order valence-electron chi connectivity index (χ4n) is 4.85. The number of Topliss-reactive ketones (excluding diaryl/α,β-unsaturated/α-hetero) is 1. The van der Waals surface area contributed by atoms with E-state index < -0.39 is 47.7 Å². The van der Waals surface area contributed by atoms with Crippen molar-refractivity contribution in [1.29, 1.82) is 0 Å². The van der Waals surface area contributed by atoms with Gasteiger partial charge in [0.1, 0.15) is 17.4 Å². The van der Waals surface area contributed by atoms with Gasteiger partial charge in [0.2, 0.25) is 0 Å². The molecule has 0 spiro atoms. The summed E-state index contributed by atoms with van der Waals surface area (Å²) in [6, 6.07) is 5.79. The second-order valence-corrected chi connectivity index (χ2v) is 12.0. The highest BCUT2D eigenvalue weighted by molar-refractivity contribution is 6.06. The number of hydrogen-bond acceptors (Lipinski definition) is 10. The summed E-state index contributed by atoms with van der Waals surface area (Å²) in [5, 5.41) is 23.0. The molecule has 0 radical (unpaired) electrons. The average Bonchev–Trinajstić information content (AvgIpc) is 3.75. The van der Waals surface area contributed by atoms with Gasteiger partial charge in [0.05, 0.1) is 25.2 Å². The summed E-state index contributed by atoms with van der Waals surface area (Å²) in [4.78, 5) is 89.1. The smallest absolute Gasteiger partial charge is 0.326 e. The standard InChI is InChI=1S/C32H44N10O7/c1-17(2)10-21(12-33)41-30(46)26-25(36-16-37-26)29(45)40-19(4)23(43)14-34-13-18(3)39-28(44)24-27(38-15-35-24)31(47)42-22(32(48)49)11-20-8-6-5-7-9-20/h5-9,15-19,21-22,34H,10-14,33H2,1-4H3,(H,35,38)(H,36,37)(H,39,44)(H,40,45)(H,41,46)(H,42,47)(H,48,49)/t18-,19-,21-,22-/m0/s1. The van der Waals surface area contributed by atoms with Gasteiger partial charge >= 0.3 is 5.97 Å². The van der Waals surface area contributed by atoms with Gasteiger partial charge in [-0.15, -0.1) is 0 Å². The van der Waals surface area contributed by atoms with Crippen LogP contribution >= 0.6 is 0 Å². The van der Waals surface area contributed by atoms with Gasteiger partial charge in [-0.2, -0.15) is 0 Å². The number of rotatable bonds is 19. The lowest BCUT2D eigenvalue weighted by molar-refractivity contribution is -0.139. The zero-order valence-corrected chi connectivity index (χ0v) is 27.8. The number of amides is 4. The lowest BCUT2D eigenvalue weighted by Gasteiger charge is -2.19. The Morgan fingerprint density at radius 1 is 0.796 bits per heavy atom. The Hall–Kier alpha value is -5.42. The van der Waals surface area contributed by atoms with Crippen LogP contribution in [0.4, 0.5) is 0 Å². The lowest BCUT2D eigenvalue weighted by Crippen LogP contribution is -2.46. The second kappa shape index (κ2) is 18.2. The Morgan fingerprint density at radius 2 is 1.37 bits per heavy atom. The van der Waals surface area contributed by atoms with Crippen molar-refractivity contribution in [3.05, 3.63) is 71.3 Å². The number of carboxylic acids is 1. The second-order valence-electron chi connectivity index (χ2n) is 12.0. The Labute approximate surface area is 283 Å². The number of nitrogens with two attached hydrogens (primary N) is 1. The van der Waals surface area contributed by atoms with Crippen LogP contribution in [-0.4, -0.2) is 104 Å². The SMILES string of the molecule is CC(C)C[C@@H](CN)NC(=O)c1nc[nH]c1C(=O)N[C@@H](C)C(=O)CNC[C@H](C)NC(=O)c1nc[nH]c1C(=O)N[C@@H](Cc1ccccc1)C(=O)O. The number of imidazole rings is 2. The van der Waals surface area contributed by atoms with Crippen LogP contribution < -0.4 is 32.3 Å². The summed E-state index contributed by atoms with van der Waals surface area (Å²) in [5.74, 6) is -4.06. The first-order valence-electron chi connectivity index (χ1n) is 15.8. The normalized spacial score (nSPS) is 13.5. The molecular formula is C32H44N10O7. The number of carbonyl (C=O) groups excluding carboxylic acids is 5. The zero-order chi connectivity index (χ0) is 36.1. The third-order valence-corrected chi connectivity index (χ3v) is 7.38. The highest BCUT2D eigenvalue weighted by Gasteiger charge is 2.27. The molecular weight excluding hydrogens is 636 g/mol. The summed E-state index contributed by atoms with van der Waals surface area (Å²) >= 11 is 0. The number of carbonyl (C=O) groups is 6. The number of aromatic amines is 2. The summed E-state index contributed by atoms with van der Waals surface area (Å²) in [6.07, 6.45) is 3.05. The van der Waals surface area contributed by atoms with Gasteiger partial charge in [0, 0.05) is 31.6 Å². The van der Waals surface area contributed by atoms with E-state index in [2.05, 4.69) is 46.5 Å². The number of hydrogen-bond donors (Lipinski definition) is 9. The van der Waals surface area contributed by atoms with Crippen molar-refractivity contribution in [2.75, 3.05) is 19.6 Å². The third-order valence-electron chi connectivity index (χ3n) is 7.38. The quantitative estimate of drug-likeness (QED) is 0.0797. The molecule has 3 rings (SSSR count). The molecule has 0 aliphatic heterocycles. The highest BCUT2D eigenvalue weighted by Crippen LogP contribution is 2.09. The van der Waals surface area contributed by atoms with Gasteiger partial charge in [-0.1, -0.05) is 44.2 Å². The molecule has 4 atom stereocenters. The van der Waals surface area contributed by atoms with Crippen molar-refractivity contribution in [1.82, 2.24) is 46.5 Å². The molecule has 0 bridgehead atoms. The van der Waals surface area contributed by atoms with E-state index in [4.69, 9.17) is 5.73 Å². The predicted octanol–water partition coefficient (Wildman–Crippen LogP) is -0.243. The van der Waals surface area contributed by atoms with Crippen LogP contribution in [0.1, 0.15) is 81.6 Å². The van der Waals surface area contributed by atoms with Gasteiger partial charge in [0.25, 0.3) is 23.6 Å². The minimum absolute atomic E-state index is 0.0385. The van der Waals surface area contributed by atoms with E-state index in [1.54, 1.807) is 37.3 Å². The molecule has 2 aromatic heterocycles. The molecule has 4 amide bonds. The molecule has 0 unspecified atom stereocenters. The Balaban J connectivity index is 1.47. The minimum atomic E-state index is -1.24. The summed E-state index contributed by atoms with van der Waals surface area (Å²) < 4.78 is 0. The number of aliphatic carboxylic acids is 1. The topological polar surface area (TPSA) is 266 Å². The third kappa shape index (κ3) is 11.4. The van der Waals surface area contributed by atoms with Gasteiger partial charge in [-0.25, -0.2) is 14.8 Å². The Bertz CT molecular complexity index is 1600. The van der Waals surface area contributed by atoms with Crippen molar-refractivity contribution in [2.45, 2.75) is 64.7 Å². The van der Waals surface area contributed by atoms with Crippen LogP contribution in [0.5, 0.6) is 0 Å². The zero-order valence-electron chi connectivity index (χ0n) is 27.8. The Kier molecular flexibility index (Phi) is 14.1. The Morgan fingerprint density at radius 3 is 1.92 bits per heavy atom. The van der Waals surface area contributed by atoms with E-state index in [1.165, 1.54) is 13.3 Å². The maximum Gasteiger partial charge on any atom is 0.326 e. The van der Waals surface area contributed by atoms with Gasteiger partial charge < -0.3 is 47.4 Å². The van der Waals surface area contributed by atoms with Gasteiger partial charge in [-0.05, 0) is 31.7 Å². The number of ketones is 1. The predicted molar refractivity (Wildman–Crippen MR) is 178 cm³/mol. The molecule has 0 aliphatic carbocycles. The van der Waals surface area contributed by atoms with Crippen molar-refractivity contribution >= 4 is 35.4 Å². The van der Waals surface area contributed by atoms with Crippen molar-refractivity contribution in [2.24, 2.45) is 11.7 Å². The number of benzene rings is 1. The molecule has 3 aromatic rings. The van der Waals surface area contributed by atoms with Crippen molar-refractivity contribution in [3.63, 3.8) is 0 Å². The number of H-pyrrole nitrogens is 2. The number of nitrogens with zero attached hydrogens (tertiary/aromatic N) is 2. The fourth-order valence-corrected chi connectivity index (χ4v) is 4.85. The van der Waals surface area contributed by atoms with Gasteiger partial charge in [-0.3, -0.25) is 24.0 Å². The molecule has 17 heteroatoms. The lowest BCUT2D eigenvalue weighted by atomic mass is 10.0. The first-order chi connectivity index (χ1) is 23.3. The van der Waals surface area contributed by atoms with Gasteiger partial charge in [0.15, 0.2) is 17.2 Å². The van der Waals surface area contributed by atoms with Crippen LogP contribution in [0.3, 0.4) is 0 Å². The molecule has 0 fully saturated rings. The fraction of sp³-hybridized carbons (Fsp3) is 0.438. The maximum atomic E-state index is 12.9. The molecule has 0 saturated heterocycles. The molecule has 264 valence electrons. The number of aromatic nitrogens is 4. The van der Waals surface area contributed by atoms with E-state index in [1.807, 2.05) is 13.8 Å². The number of carboxylic acid groups (broad SMARTS) is 1. The monoisotopic (exact) mass is 680 g/mol. The average molecular weight is 681 g/mol. The molecule has 1 aromatic carbocycles. The van der Waals surface area contributed by atoms with Crippen LogP contribution in [-0.2, 0) is 16.0 Å². The van der Waals surface area contributed by atoms with E-state index in [0.29, 0.717) is 17.9 Å². The first-order valence-corrected chi connectivity index (χ1v) is 15.8. The largest absolute Gasteiger partial charge is 0.480 e. The van der Waals surface area contributed by atoms with Crippen molar-refractivity contribution < 1.29 is 33.9 Å². The van der Waals surface area contributed by atoms with Crippen LogP contribution in [0, 0.1) is 5.92 Å². The van der Waals surface area contributed by atoms with Crippen molar-refractivity contribution in [3.8, 4) is 0 Å². The van der Waals surface area contributed by atoms with Crippen LogP contribution in [0.15, 0.2) is 43.0 Å². The van der Waals surface area contributed by atoms with E-state index >= 15 is 0 Å². The summed E-state index contributed by atoms with van der Waals surface area (Å²) in [6.45, 7) is 7.37. The maximum absolute atomic E-state index is 12.9. The van der Waals surface area contributed by atoms with E-state index in [0.717, 1.165) is 6.33 Å². The van der Waals surface area contributed by atoms with Crippen LogP contribution in [0.2, 0.25) is 0 Å². The van der Waals surface area contributed by atoms with Crippen LogP contribution in [0.25, 0.3) is 0 Å². The molecule has 49 heavy (non-hydrogen) atoms. The molecule has 0 aliphatic rings. The molecule has 0 saturated carbocycles. The van der Waals surface area contributed by atoms with E-state index in [9.17, 15) is 33.9 Å². The summed E-state index contributed by atoms with van der Waals surface area (Å²) in [5.41, 5.74) is 5.82.